The normalized spacial score (nSPS) is 20.3. The molecule has 0 unspecified atom stereocenters. The highest BCUT2D eigenvalue weighted by Crippen LogP contribution is 2.31. The fourth-order valence-electron chi connectivity index (χ4n) is 1.72. The summed E-state index contributed by atoms with van der Waals surface area (Å²) in [4.78, 5) is 23.2. The summed E-state index contributed by atoms with van der Waals surface area (Å²) in [7, 11) is -3.92. The molecule has 1 aliphatic heterocycles. The maximum atomic E-state index is 12.5. The van der Waals surface area contributed by atoms with E-state index in [1.54, 1.807) is 0 Å². The van der Waals surface area contributed by atoms with Crippen LogP contribution in [0.15, 0.2) is 15.7 Å². The molecule has 0 aliphatic carbocycles. The van der Waals surface area contributed by atoms with Crippen molar-refractivity contribution in [1.82, 2.24) is 9.62 Å². The highest BCUT2D eigenvalue weighted by atomic mass is 32.2. The number of amides is 2. The Balaban J connectivity index is 2.49. The zero-order valence-corrected chi connectivity index (χ0v) is 12.0. The third-order valence-electron chi connectivity index (χ3n) is 2.86. The van der Waals surface area contributed by atoms with E-state index in [0.29, 0.717) is 5.69 Å². The van der Waals surface area contributed by atoms with Crippen LogP contribution < -0.4 is 11.1 Å². The van der Waals surface area contributed by atoms with Crippen LogP contribution in [-0.4, -0.2) is 36.6 Å². The van der Waals surface area contributed by atoms with E-state index in [2.05, 4.69) is 5.32 Å². The Morgan fingerprint density at radius 3 is 2.58 bits per heavy atom. The molecule has 2 rings (SSSR count). The number of thiophene rings is 1. The van der Waals surface area contributed by atoms with Crippen molar-refractivity contribution in [2.45, 2.75) is 23.6 Å². The van der Waals surface area contributed by atoms with Gasteiger partial charge in [0, 0.05) is 11.1 Å². The molecule has 2 amide bonds. The van der Waals surface area contributed by atoms with Gasteiger partial charge in [-0.2, -0.15) is 4.31 Å². The van der Waals surface area contributed by atoms with Crippen LogP contribution in [0.4, 0.5) is 5.69 Å². The number of piperazine rings is 1. The Morgan fingerprint density at radius 2 is 2.05 bits per heavy atom. The van der Waals surface area contributed by atoms with Gasteiger partial charge in [0.1, 0.15) is 9.75 Å². The Hall–Kier alpha value is -1.45. The minimum Gasteiger partial charge on any atom is -0.398 e. The van der Waals surface area contributed by atoms with Gasteiger partial charge in [0.05, 0.1) is 6.54 Å². The van der Waals surface area contributed by atoms with E-state index in [1.807, 2.05) is 0 Å². The monoisotopic (exact) mass is 303 g/mol. The first kappa shape index (κ1) is 14.0. The molecule has 0 bridgehead atoms. The SMILES string of the molecule is CC1(C)C(=O)NC(=O)CN1S(=O)(=O)c1cc(N)cs1. The number of imide groups is 1. The Labute approximate surface area is 114 Å². The van der Waals surface area contributed by atoms with E-state index in [4.69, 9.17) is 5.73 Å². The maximum Gasteiger partial charge on any atom is 0.254 e. The number of hydrogen-bond acceptors (Lipinski definition) is 6. The number of hydrogen-bond donors (Lipinski definition) is 2. The van der Waals surface area contributed by atoms with Crippen LogP contribution in [0, 0.1) is 0 Å². The minimum atomic E-state index is -3.92. The van der Waals surface area contributed by atoms with Crippen LogP contribution in [0.25, 0.3) is 0 Å². The number of nitrogens with two attached hydrogens (primary N) is 1. The first-order chi connectivity index (χ1) is 8.65. The van der Waals surface area contributed by atoms with Gasteiger partial charge in [-0.15, -0.1) is 11.3 Å². The van der Waals surface area contributed by atoms with Gasteiger partial charge in [0.2, 0.25) is 11.8 Å². The van der Waals surface area contributed by atoms with Crippen molar-refractivity contribution in [3.8, 4) is 0 Å². The van der Waals surface area contributed by atoms with Gasteiger partial charge in [-0.3, -0.25) is 14.9 Å². The quantitative estimate of drug-likeness (QED) is 0.733. The maximum absolute atomic E-state index is 12.5. The Morgan fingerprint density at radius 1 is 1.42 bits per heavy atom. The van der Waals surface area contributed by atoms with Gasteiger partial charge >= 0.3 is 0 Å². The van der Waals surface area contributed by atoms with Crippen molar-refractivity contribution in [2.24, 2.45) is 0 Å². The summed E-state index contributed by atoms with van der Waals surface area (Å²) in [6, 6.07) is 1.31. The summed E-state index contributed by atoms with van der Waals surface area (Å²) in [6.45, 7) is 2.51. The summed E-state index contributed by atoms with van der Waals surface area (Å²) in [5.41, 5.74) is 4.51. The molecule has 1 saturated heterocycles. The molecule has 19 heavy (non-hydrogen) atoms. The van der Waals surface area contributed by atoms with Gasteiger partial charge in [-0.25, -0.2) is 8.42 Å². The van der Waals surface area contributed by atoms with E-state index < -0.39 is 33.9 Å². The second-order valence-electron chi connectivity index (χ2n) is 4.65. The molecule has 7 nitrogen and oxygen atoms in total. The second-order valence-corrected chi connectivity index (χ2v) is 7.65. The lowest BCUT2D eigenvalue weighted by Crippen LogP contribution is -2.65. The van der Waals surface area contributed by atoms with Crippen molar-refractivity contribution in [3.63, 3.8) is 0 Å². The topological polar surface area (TPSA) is 110 Å². The van der Waals surface area contributed by atoms with Crippen LogP contribution >= 0.6 is 11.3 Å². The predicted octanol–water partition coefficient (Wildman–Crippen LogP) is -0.244. The lowest BCUT2D eigenvalue weighted by atomic mass is 10.0. The van der Waals surface area contributed by atoms with E-state index in [-0.39, 0.29) is 4.21 Å². The zero-order chi connectivity index (χ0) is 14.4. The van der Waals surface area contributed by atoms with Gasteiger partial charge < -0.3 is 5.73 Å². The summed E-state index contributed by atoms with van der Waals surface area (Å²) in [6.07, 6.45) is 0. The number of anilines is 1. The fraction of sp³-hybridized carbons (Fsp3) is 0.400. The summed E-state index contributed by atoms with van der Waals surface area (Å²) >= 11 is 0.956. The average molecular weight is 303 g/mol. The van der Waals surface area contributed by atoms with Gasteiger partial charge in [-0.1, -0.05) is 0 Å². The molecule has 3 N–H and O–H groups in total. The second kappa shape index (κ2) is 4.29. The van der Waals surface area contributed by atoms with Gasteiger partial charge in [0.25, 0.3) is 10.0 Å². The molecule has 0 saturated carbocycles. The molecule has 1 aliphatic rings. The molecule has 1 aromatic rings. The molecule has 0 aromatic carbocycles. The number of nitrogens with one attached hydrogen (secondary N) is 1. The highest BCUT2D eigenvalue weighted by molar-refractivity contribution is 7.91. The molecular weight excluding hydrogens is 290 g/mol. The number of nitrogens with zero attached hydrogens (tertiary/aromatic N) is 1. The standard InChI is InChI=1S/C10H13N3O4S2/c1-10(2)9(15)12-7(14)4-13(10)19(16,17)8-3-6(11)5-18-8/h3,5H,4,11H2,1-2H3,(H,12,14,15). The summed E-state index contributed by atoms with van der Waals surface area (Å²) in [5.74, 6) is -1.28. The molecular formula is C10H13N3O4S2. The van der Waals surface area contributed by atoms with Gasteiger partial charge in [-0.05, 0) is 19.9 Å². The van der Waals surface area contributed by atoms with Crippen molar-refractivity contribution < 1.29 is 18.0 Å². The zero-order valence-electron chi connectivity index (χ0n) is 10.3. The number of rotatable bonds is 2. The van der Waals surface area contributed by atoms with Crippen LogP contribution in [-0.2, 0) is 19.6 Å². The molecule has 1 aromatic heterocycles. The van der Waals surface area contributed by atoms with Gasteiger partial charge in [0.15, 0.2) is 0 Å². The first-order valence-corrected chi connectivity index (χ1v) is 7.69. The summed E-state index contributed by atoms with van der Waals surface area (Å²) in [5, 5.41) is 3.61. The largest absolute Gasteiger partial charge is 0.398 e. The van der Waals surface area contributed by atoms with Crippen molar-refractivity contribution in [2.75, 3.05) is 12.3 Å². The summed E-state index contributed by atoms with van der Waals surface area (Å²) < 4.78 is 25.8. The number of sulfonamides is 1. The van der Waals surface area contributed by atoms with Crippen molar-refractivity contribution >= 4 is 38.9 Å². The molecule has 2 heterocycles. The molecule has 9 heteroatoms. The van der Waals surface area contributed by atoms with E-state index in [9.17, 15) is 18.0 Å². The molecule has 0 radical (unpaired) electrons. The van der Waals surface area contributed by atoms with Crippen molar-refractivity contribution in [1.29, 1.82) is 0 Å². The van der Waals surface area contributed by atoms with E-state index >= 15 is 0 Å². The average Bonchev–Trinajstić information content (AvgIpc) is 2.71. The Kier molecular flexibility index (Phi) is 3.15. The third kappa shape index (κ3) is 2.24. The molecule has 0 spiro atoms. The highest BCUT2D eigenvalue weighted by Gasteiger charge is 2.47. The smallest absolute Gasteiger partial charge is 0.254 e. The predicted molar refractivity (Wildman–Crippen MR) is 69.9 cm³/mol. The first-order valence-electron chi connectivity index (χ1n) is 5.37. The van der Waals surface area contributed by atoms with Crippen LogP contribution in [0.5, 0.6) is 0 Å². The molecule has 0 atom stereocenters. The van der Waals surface area contributed by atoms with Crippen molar-refractivity contribution in [3.05, 3.63) is 11.4 Å². The third-order valence-corrected chi connectivity index (χ3v) is 6.31. The minimum absolute atomic E-state index is 0.0144. The number of carbonyl (C=O) groups is 2. The van der Waals surface area contributed by atoms with Crippen LogP contribution in [0.2, 0.25) is 0 Å². The lowest BCUT2D eigenvalue weighted by molar-refractivity contribution is -0.141. The molecule has 104 valence electrons. The van der Waals surface area contributed by atoms with E-state index in [0.717, 1.165) is 15.6 Å². The van der Waals surface area contributed by atoms with E-state index in [1.165, 1.54) is 25.3 Å². The molecule has 1 fully saturated rings. The van der Waals surface area contributed by atoms with Crippen LogP contribution in [0.1, 0.15) is 13.8 Å². The fourth-order valence-corrected chi connectivity index (χ4v) is 4.62. The van der Waals surface area contributed by atoms with Crippen LogP contribution in [0.3, 0.4) is 0 Å². The number of nitrogen functional groups attached to an aromatic ring is 1. The lowest BCUT2D eigenvalue weighted by Gasteiger charge is -2.38. The number of carbonyl (C=O) groups excluding carboxylic acids is 2. The Bertz CT molecular complexity index is 647.